The number of amides is 1. The SMILES string of the molecule is CSc1ccc(S(=O)(=O)N(C)CC(=O)N[C@H](C)c2ccc(N3CCCCC3)cc2)cc1. The van der Waals surface area contributed by atoms with Crippen molar-refractivity contribution in [3.63, 3.8) is 0 Å². The fourth-order valence-corrected chi connectivity index (χ4v) is 5.25. The van der Waals surface area contributed by atoms with E-state index in [4.69, 9.17) is 0 Å². The topological polar surface area (TPSA) is 69.7 Å². The normalized spacial score (nSPS) is 15.7. The Hall–Kier alpha value is -2.03. The lowest BCUT2D eigenvalue weighted by Crippen LogP contribution is -2.39. The molecule has 0 saturated carbocycles. The highest BCUT2D eigenvalue weighted by Gasteiger charge is 2.23. The van der Waals surface area contributed by atoms with Crippen LogP contribution in [-0.4, -0.2) is 51.6 Å². The summed E-state index contributed by atoms with van der Waals surface area (Å²) < 4.78 is 26.6. The number of likely N-dealkylation sites (N-methyl/N-ethyl adjacent to an activating group) is 1. The summed E-state index contributed by atoms with van der Waals surface area (Å²) in [5.41, 5.74) is 2.20. The number of hydrogen-bond acceptors (Lipinski definition) is 5. The number of rotatable bonds is 8. The molecule has 1 saturated heterocycles. The Labute approximate surface area is 190 Å². The average Bonchev–Trinajstić information content (AvgIpc) is 2.79. The Morgan fingerprint density at radius 1 is 1.06 bits per heavy atom. The maximum atomic E-state index is 12.7. The molecule has 3 rings (SSSR count). The van der Waals surface area contributed by atoms with Crippen molar-refractivity contribution in [2.45, 2.75) is 42.0 Å². The lowest BCUT2D eigenvalue weighted by atomic mass is 10.1. The molecule has 2 aromatic rings. The van der Waals surface area contributed by atoms with Gasteiger partial charge in [0.1, 0.15) is 0 Å². The molecule has 1 atom stereocenters. The number of anilines is 1. The van der Waals surface area contributed by atoms with Crippen LogP contribution in [0.5, 0.6) is 0 Å². The van der Waals surface area contributed by atoms with Crippen LogP contribution in [0, 0.1) is 0 Å². The Bertz CT molecular complexity index is 970. The lowest BCUT2D eigenvalue weighted by molar-refractivity contribution is -0.121. The molecule has 0 spiro atoms. The van der Waals surface area contributed by atoms with Crippen molar-refractivity contribution in [2.24, 2.45) is 0 Å². The maximum Gasteiger partial charge on any atom is 0.243 e. The summed E-state index contributed by atoms with van der Waals surface area (Å²) >= 11 is 1.55. The maximum absolute atomic E-state index is 12.7. The van der Waals surface area contributed by atoms with Crippen LogP contribution >= 0.6 is 11.8 Å². The van der Waals surface area contributed by atoms with Crippen LogP contribution in [0.25, 0.3) is 0 Å². The van der Waals surface area contributed by atoms with Gasteiger partial charge in [0.05, 0.1) is 17.5 Å². The Balaban J connectivity index is 1.57. The quantitative estimate of drug-likeness (QED) is 0.604. The molecule has 31 heavy (non-hydrogen) atoms. The van der Waals surface area contributed by atoms with E-state index in [0.717, 1.165) is 27.9 Å². The van der Waals surface area contributed by atoms with E-state index in [1.165, 1.54) is 32.0 Å². The number of benzene rings is 2. The molecular formula is C23H31N3O3S2. The van der Waals surface area contributed by atoms with Gasteiger partial charge in [0.2, 0.25) is 15.9 Å². The molecule has 168 valence electrons. The van der Waals surface area contributed by atoms with Crippen LogP contribution in [0.15, 0.2) is 58.3 Å². The predicted octanol–water partition coefficient (Wildman–Crippen LogP) is 3.90. The van der Waals surface area contributed by atoms with E-state index < -0.39 is 10.0 Å². The summed E-state index contributed by atoms with van der Waals surface area (Å²) in [6, 6.07) is 14.7. The van der Waals surface area contributed by atoms with Crippen molar-refractivity contribution < 1.29 is 13.2 Å². The third kappa shape index (κ3) is 6.02. The first-order chi connectivity index (χ1) is 14.8. The van der Waals surface area contributed by atoms with Crippen LogP contribution in [0.3, 0.4) is 0 Å². The lowest BCUT2D eigenvalue weighted by Gasteiger charge is -2.29. The minimum atomic E-state index is -3.72. The van der Waals surface area contributed by atoms with Crippen LogP contribution in [0.1, 0.15) is 37.8 Å². The zero-order chi connectivity index (χ0) is 22.4. The van der Waals surface area contributed by atoms with E-state index in [0.29, 0.717) is 0 Å². The second-order valence-electron chi connectivity index (χ2n) is 7.87. The molecule has 1 fully saturated rings. The van der Waals surface area contributed by atoms with Gasteiger partial charge in [0, 0.05) is 30.7 Å². The van der Waals surface area contributed by atoms with Crippen molar-refractivity contribution in [2.75, 3.05) is 37.8 Å². The van der Waals surface area contributed by atoms with Gasteiger partial charge in [-0.25, -0.2) is 8.42 Å². The number of piperidine rings is 1. The minimum absolute atomic E-state index is 0.182. The first-order valence-electron chi connectivity index (χ1n) is 10.6. The third-order valence-corrected chi connectivity index (χ3v) is 8.19. The van der Waals surface area contributed by atoms with Gasteiger partial charge in [0.15, 0.2) is 0 Å². The first kappa shape index (κ1) is 23.6. The molecule has 6 nitrogen and oxygen atoms in total. The monoisotopic (exact) mass is 461 g/mol. The highest BCUT2D eigenvalue weighted by Crippen LogP contribution is 2.23. The molecule has 1 aliphatic heterocycles. The van der Waals surface area contributed by atoms with Crippen molar-refractivity contribution in [3.8, 4) is 0 Å². The number of carbonyl (C=O) groups is 1. The summed E-state index contributed by atoms with van der Waals surface area (Å²) in [6.07, 6.45) is 5.69. The molecule has 0 aliphatic carbocycles. The number of hydrogen-bond donors (Lipinski definition) is 1. The second-order valence-corrected chi connectivity index (χ2v) is 10.8. The first-order valence-corrected chi connectivity index (χ1v) is 13.2. The summed E-state index contributed by atoms with van der Waals surface area (Å²) in [7, 11) is -2.29. The van der Waals surface area contributed by atoms with Gasteiger partial charge in [-0.3, -0.25) is 4.79 Å². The zero-order valence-corrected chi connectivity index (χ0v) is 20.0. The summed E-state index contributed by atoms with van der Waals surface area (Å²) in [5, 5.41) is 2.91. The molecule has 0 radical (unpaired) electrons. The van der Waals surface area contributed by atoms with Gasteiger partial charge in [0.25, 0.3) is 0 Å². The van der Waals surface area contributed by atoms with E-state index in [-0.39, 0.29) is 23.4 Å². The standard InChI is InChI=1S/C23H31N3O3S2/c1-18(19-7-9-20(10-8-19)26-15-5-4-6-16-26)24-23(27)17-25(2)31(28,29)22-13-11-21(30-3)12-14-22/h7-14,18H,4-6,15-17H2,1-3H3,(H,24,27)/t18-/m1/s1. The van der Waals surface area contributed by atoms with Crippen LogP contribution in [-0.2, 0) is 14.8 Å². The van der Waals surface area contributed by atoms with Gasteiger partial charge < -0.3 is 10.2 Å². The Kier molecular flexibility index (Phi) is 8.02. The number of carbonyl (C=O) groups excluding carboxylic acids is 1. The number of thioether (sulfide) groups is 1. The van der Waals surface area contributed by atoms with Crippen molar-refractivity contribution in [1.82, 2.24) is 9.62 Å². The van der Waals surface area contributed by atoms with Gasteiger partial charge in [-0.05, 0) is 74.4 Å². The van der Waals surface area contributed by atoms with Crippen LogP contribution in [0.2, 0.25) is 0 Å². The second kappa shape index (κ2) is 10.5. The number of nitrogens with one attached hydrogen (secondary N) is 1. The Morgan fingerprint density at radius 2 is 1.68 bits per heavy atom. The molecular weight excluding hydrogens is 430 g/mol. The van der Waals surface area contributed by atoms with E-state index in [9.17, 15) is 13.2 Å². The van der Waals surface area contributed by atoms with Crippen LogP contribution < -0.4 is 10.2 Å². The molecule has 1 aliphatic rings. The largest absolute Gasteiger partial charge is 0.372 e. The molecule has 1 N–H and O–H groups in total. The summed E-state index contributed by atoms with van der Waals surface area (Å²) in [4.78, 5) is 16.1. The molecule has 0 bridgehead atoms. The van der Waals surface area contributed by atoms with Crippen molar-refractivity contribution >= 4 is 33.4 Å². The average molecular weight is 462 g/mol. The molecule has 2 aromatic carbocycles. The van der Waals surface area contributed by atoms with Crippen molar-refractivity contribution in [1.29, 1.82) is 0 Å². The smallest absolute Gasteiger partial charge is 0.243 e. The molecule has 1 amide bonds. The number of sulfonamides is 1. The predicted molar refractivity (Wildman–Crippen MR) is 127 cm³/mol. The summed E-state index contributed by atoms with van der Waals surface area (Å²) in [5.74, 6) is -0.334. The van der Waals surface area contributed by atoms with Gasteiger partial charge in [-0.15, -0.1) is 11.8 Å². The zero-order valence-electron chi connectivity index (χ0n) is 18.4. The van der Waals surface area contributed by atoms with E-state index in [2.05, 4.69) is 22.3 Å². The van der Waals surface area contributed by atoms with Crippen LogP contribution in [0.4, 0.5) is 5.69 Å². The van der Waals surface area contributed by atoms with E-state index in [1.54, 1.807) is 36.0 Å². The Morgan fingerprint density at radius 3 is 2.26 bits per heavy atom. The highest BCUT2D eigenvalue weighted by atomic mass is 32.2. The number of nitrogens with zero attached hydrogens (tertiary/aromatic N) is 2. The molecule has 1 heterocycles. The highest BCUT2D eigenvalue weighted by molar-refractivity contribution is 7.98. The summed E-state index contributed by atoms with van der Waals surface area (Å²) in [6.45, 7) is 3.85. The molecule has 0 aromatic heterocycles. The van der Waals surface area contributed by atoms with Crippen molar-refractivity contribution in [3.05, 3.63) is 54.1 Å². The van der Waals surface area contributed by atoms with Gasteiger partial charge in [-0.2, -0.15) is 4.31 Å². The fraction of sp³-hybridized carbons (Fsp3) is 0.435. The van der Waals surface area contributed by atoms with Gasteiger partial charge >= 0.3 is 0 Å². The van der Waals surface area contributed by atoms with Gasteiger partial charge in [-0.1, -0.05) is 12.1 Å². The van der Waals surface area contributed by atoms with E-state index in [1.807, 2.05) is 25.3 Å². The minimum Gasteiger partial charge on any atom is -0.372 e. The third-order valence-electron chi connectivity index (χ3n) is 5.63. The molecule has 0 unspecified atom stereocenters. The molecule has 8 heteroatoms. The van der Waals surface area contributed by atoms with E-state index >= 15 is 0 Å². The fourth-order valence-electron chi connectivity index (χ4n) is 3.71.